The number of ether oxygens (including phenoxy) is 5. The van der Waals surface area contributed by atoms with Crippen LogP contribution in [0.4, 0.5) is 0 Å². The fraction of sp³-hybridized carbons (Fsp3) is 0.949. The SMILES string of the molecule is C=C(CC[C@@H](C)[C@H]1C[C@@H](O)[C@@H]2[C@]1(C)CC[C@@H]1[C@@]3(C)CC[C@H](O)[C@H](O)[C@@H]3[C@@H](O)C[C@]12O)C(C)CO[C@@H]1OC[C@@H](O)[C@H](O)[C@H]1O[C@@H]1OC[C@@H](O)[C@H](O)[C@H]1OC. The molecule has 1 unspecified atom stereocenters. The van der Waals surface area contributed by atoms with Gasteiger partial charge in [0, 0.05) is 31.3 Å². The molecule has 2 heterocycles. The number of methoxy groups -OCH3 is 1. The molecule has 0 spiro atoms. The zero-order valence-corrected chi connectivity index (χ0v) is 31.9. The average molecular weight is 759 g/mol. The van der Waals surface area contributed by atoms with Gasteiger partial charge in [0.15, 0.2) is 12.6 Å². The van der Waals surface area contributed by atoms with Gasteiger partial charge >= 0.3 is 0 Å². The lowest BCUT2D eigenvalue weighted by Crippen LogP contribution is -2.70. The summed E-state index contributed by atoms with van der Waals surface area (Å²) in [5.41, 5.74) is -1.25. The summed E-state index contributed by atoms with van der Waals surface area (Å²) in [5.74, 6) is -0.926. The minimum atomic E-state index is -1.37. The summed E-state index contributed by atoms with van der Waals surface area (Å²) in [6.07, 6.45) is -8.46. The Labute approximate surface area is 313 Å². The van der Waals surface area contributed by atoms with E-state index in [0.29, 0.717) is 25.7 Å². The Morgan fingerprint density at radius 3 is 2.08 bits per heavy atom. The topological polar surface area (TPSA) is 228 Å². The predicted molar refractivity (Wildman–Crippen MR) is 189 cm³/mol. The second-order valence-corrected chi connectivity index (χ2v) is 18.1. The maximum atomic E-state index is 12.6. The van der Waals surface area contributed by atoms with Crippen LogP contribution in [-0.4, -0.2) is 152 Å². The van der Waals surface area contributed by atoms with Crippen molar-refractivity contribution < 1.29 is 69.6 Å². The Bertz CT molecular complexity index is 1270. The molecule has 14 nitrogen and oxygen atoms in total. The summed E-state index contributed by atoms with van der Waals surface area (Å²) in [6, 6.07) is 0. The molecular formula is C39H66O14. The molecule has 0 aromatic carbocycles. The van der Waals surface area contributed by atoms with Crippen LogP contribution in [0.3, 0.4) is 0 Å². The second-order valence-electron chi connectivity index (χ2n) is 18.1. The first-order valence-corrected chi connectivity index (χ1v) is 19.8. The Morgan fingerprint density at radius 1 is 0.792 bits per heavy atom. The van der Waals surface area contributed by atoms with E-state index in [1.165, 1.54) is 7.11 Å². The molecule has 6 aliphatic rings. The van der Waals surface area contributed by atoms with Crippen LogP contribution in [0.25, 0.3) is 0 Å². The molecule has 2 saturated heterocycles. The summed E-state index contributed by atoms with van der Waals surface area (Å²) < 4.78 is 28.6. The third-order valence-electron chi connectivity index (χ3n) is 15.0. The molecule has 21 atom stereocenters. The minimum absolute atomic E-state index is 0.0761. The van der Waals surface area contributed by atoms with Crippen LogP contribution >= 0.6 is 0 Å². The Hall–Kier alpha value is -0.820. The van der Waals surface area contributed by atoms with Gasteiger partial charge in [-0.2, -0.15) is 0 Å². The monoisotopic (exact) mass is 758 g/mol. The van der Waals surface area contributed by atoms with Gasteiger partial charge in [0.2, 0.25) is 0 Å². The highest BCUT2D eigenvalue weighted by Gasteiger charge is 2.71. The van der Waals surface area contributed by atoms with Crippen molar-refractivity contribution in [1.29, 1.82) is 0 Å². The van der Waals surface area contributed by atoms with E-state index in [-0.39, 0.29) is 55.3 Å². The van der Waals surface area contributed by atoms with Crippen LogP contribution in [0.5, 0.6) is 0 Å². The molecule has 9 N–H and O–H groups in total. The van der Waals surface area contributed by atoms with E-state index >= 15 is 0 Å². The van der Waals surface area contributed by atoms with E-state index in [1.807, 2.05) is 13.8 Å². The van der Waals surface area contributed by atoms with Gasteiger partial charge in [0.1, 0.15) is 36.6 Å². The number of rotatable bonds is 11. The number of fused-ring (bicyclic) bond motifs is 5. The number of hydrogen-bond acceptors (Lipinski definition) is 14. The number of aliphatic hydroxyl groups is 9. The van der Waals surface area contributed by atoms with Gasteiger partial charge in [-0.05, 0) is 73.5 Å². The van der Waals surface area contributed by atoms with Gasteiger partial charge in [-0.25, -0.2) is 0 Å². The van der Waals surface area contributed by atoms with Crippen molar-refractivity contribution in [2.75, 3.05) is 26.9 Å². The minimum Gasteiger partial charge on any atom is -0.393 e. The normalized spacial score (nSPS) is 52.6. The number of hydrogen-bond donors (Lipinski definition) is 9. The lowest BCUT2D eigenvalue weighted by molar-refractivity contribution is -0.346. The third-order valence-corrected chi connectivity index (χ3v) is 15.0. The van der Waals surface area contributed by atoms with Crippen molar-refractivity contribution in [2.24, 2.45) is 46.3 Å². The molecule has 2 aliphatic heterocycles. The summed E-state index contributed by atoms with van der Waals surface area (Å²) >= 11 is 0. The zero-order chi connectivity index (χ0) is 38.8. The first-order chi connectivity index (χ1) is 24.9. The molecule has 53 heavy (non-hydrogen) atoms. The molecule has 14 heteroatoms. The highest BCUT2D eigenvalue weighted by molar-refractivity contribution is 5.21. The summed E-state index contributed by atoms with van der Waals surface area (Å²) in [7, 11) is 1.34. The second kappa shape index (κ2) is 15.8. The van der Waals surface area contributed by atoms with Gasteiger partial charge in [-0.3, -0.25) is 0 Å². The Balaban J connectivity index is 1.05. The van der Waals surface area contributed by atoms with Crippen molar-refractivity contribution in [3.05, 3.63) is 12.2 Å². The molecule has 0 aromatic heterocycles. The Kier molecular flexibility index (Phi) is 12.5. The molecular weight excluding hydrogens is 692 g/mol. The van der Waals surface area contributed by atoms with E-state index in [4.69, 9.17) is 23.7 Å². The maximum absolute atomic E-state index is 12.6. The van der Waals surface area contributed by atoms with Crippen molar-refractivity contribution in [2.45, 2.75) is 158 Å². The van der Waals surface area contributed by atoms with Gasteiger partial charge in [-0.15, -0.1) is 0 Å². The molecule has 0 aromatic rings. The quantitative estimate of drug-likeness (QED) is 0.129. The van der Waals surface area contributed by atoms with Crippen LogP contribution in [-0.2, 0) is 23.7 Å². The molecule has 0 radical (unpaired) electrons. The van der Waals surface area contributed by atoms with Gasteiger partial charge in [0.25, 0.3) is 0 Å². The van der Waals surface area contributed by atoms with Crippen molar-refractivity contribution in [1.82, 2.24) is 0 Å². The van der Waals surface area contributed by atoms with Gasteiger partial charge < -0.3 is 69.6 Å². The molecule has 6 fully saturated rings. The molecule has 6 rings (SSSR count). The fourth-order valence-electron chi connectivity index (χ4n) is 12.1. The van der Waals surface area contributed by atoms with E-state index in [9.17, 15) is 46.0 Å². The van der Waals surface area contributed by atoms with E-state index in [2.05, 4.69) is 20.4 Å². The van der Waals surface area contributed by atoms with E-state index < -0.39 is 96.5 Å². The molecule has 0 amide bonds. The van der Waals surface area contributed by atoms with E-state index in [1.54, 1.807) is 0 Å². The predicted octanol–water partition coefficient (Wildman–Crippen LogP) is 0.215. The van der Waals surface area contributed by atoms with E-state index in [0.717, 1.165) is 24.8 Å². The standard InChI is InChI=1S/C39H66O14/c1-18(20(3)15-50-35-33(31(47)26(44)16-51-35)53-36-32(49-6)30(46)25(43)17-52-36)7-8-19(2)21-13-23(41)34-37(21,4)12-10-27-38(5)11-9-22(40)29(45)28(38)24(42)14-39(27,34)48/h19-36,40-48H,1,7-17H2,2-6H3/t19-,20?,21-,22+,23-,24+,25-,26-,27-,28+,29+,30+,31+,32-,33-,34-,35-,36+,37-,38-,39+/m1/s1. The van der Waals surface area contributed by atoms with Crippen LogP contribution in [0, 0.1) is 46.3 Å². The fourth-order valence-corrected chi connectivity index (χ4v) is 12.1. The lowest BCUT2D eigenvalue weighted by Gasteiger charge is -2.66. The molecule has 4 aliphatic carbocycles. The van der Waals surface area contributed by atoms with Crippen molar-refractivity contribution >= 4 is 0 Å². The van der Waals surface area contributed by atoms with Crippen LogP contribution in [0.2, 0.25) is 0 Å². The first-order valence-electron chi connectivity index (χ1n) is 19.8. The molecule has 306 valence electrons. The largest absolute Gasteiger partial charge is 0.393 e. The summed E-state index contributed by atoms with van der Waals surface area (Å²) in [6.45, 7) is 12.6. The van der Waals surface area contributed by atoms with Crippen LogP contribution in [0.15, 0.2) is 12.2 Å². The molecule has 0 bridgehead atoms. The van der Waals surface area contributed by atoms with Crippen molar-refractivity contribution in [3.8, 4) is 0 Å². The first kappa shape index (κ1) is 41.8. The highest BCUT2D eigenvalue weighted by atomic mass is 16.8. The van der Waals surface area contributed by atoms with Gasteiger partial charge in [-0.1, -0.05) is 39.8 Å². The summed E-state index contributed by atoms with van der Waals surface area (Å²) in [4.78, 5) is 0. The third kappa shape index (κ3) is 7.30. The van der Waals surface area contributed by atoms with Crippen LogP contribution in [0.1, 0.15) is 79.1 Å². The smallest absolute Gasteiger partial charge is 0.187 e. The maximum Gasteiger partial charge on any atom is 0.187 e. The zero-order valence-electron chi connectivity index (χ0n) is 31.9. The van der Waals surface area contributed by atoms with Gasteiger partial charge in [0.05, 0.1) is 49.8 Å². The highest BCUT2D eigenvalue weighted by Crippen LogP contribution is 2.69. The Morgan fingerprint density at radius 2 is 1.42 bits per heavy atom. The lowest BCUT2D eigenvalue weighted by atomic mass is 9.41. The number of aliphatic hydroxyl groups excluding tert-OH is 8. The van der Waals surface area contributed by atoms with Crippen LogP contribution < -0.4 is 0 Å². The summed E-state index contributed by atoms with van der Waals surface area (Å²) in [5, 5.41) is 98.5. The average Bonchev–Trinajstić information content (AvgIpc) is 3.39. The molecule has 4 saturated carbocycles. The van der Waals surface area contributed by atoms with Crippen molar-refractivity contribution in [3.63, 3.8) is 0 Å².